The molecule has 0 unspecified atom stereocenters. The molecule has 0 atom stereocenters. The predicted octanol–water partition coefficient (Wildman–Crippen LogP) is 1.12. The molecule has 90 valence electrons. The van der Waals surface area contributed by atoms with Crippen molar-refractivity contribution in [2.24, 2.45) is 0 Å². The summed E-state index contributed by atoms with van der Waals surface area (Å²) < 4.78 is 6.71. The number of methoxy groups -OCH3 is 1. The average molecular weight is 242 g/mol. The molecule has 0 amide bonds. The maximum absolute atomic E-state index is 11.8. The summed E-state index contributed by atoms with van der Waals surface area (Å²) in [5.74, 6) is 0.267. The van der Waals surface area contributed by atoms with E-state index in [0.29, 0.717) is 11.0 Å². The summed E-state index contributed by atoms with van der Waals surface area (Å²) >= 11 is 0. The van der Waals surface area contributed by atoms with Crippen molar-refractivity contribution >= 4 is 11.0 Å². The molecule has 0 saturated carbocycles. The Morgan fingerprint density at radius 3 is 2.78 bits per heavy atom. The van der Waals surface area contributed by atoms with Crippen LogP contribution in [0, 0.1) is 0 Å². The summed E-state index contributed by atoms with van der Waals surface area (Å²) in [6.07, 6.45) is 1.35. The molecule has 0 aliphatic heterocycles. The van der Waals surface area contributed by atoms with E-state index in [1.165, 1.54) is 13.4 Å². The van der Waals surface area contributed by atoms with E-state index in [9.17, 15) is 4.79 Å². The van der Waals surface area contributed by atoms with Crippen LogP contribution in [0.3, 0.4) is 0 Å². The van der Waals surface area contributed by atoms with Crippen LogP contribution < -0.4 is 10.3 Å². The van der Waals surface area contributed by atoms with Crippen molar-refractivity contribution in [3.63, 3.8) is 0 Å². The van der Waals surface area contributed by atoms with E-state index in [0.717, 1.165) is 5.69 Å². The number of aromatic nitrogens is 4. The van der Waals surface area contributed by atoms with Crippen LogP contribution >= 0.6 is 0 Å². The van der Waals surface area contributed by atoms with Gasteiger partial charge < -0.3 is 9.72 Å². The fourth-order valence-electron chi connectivity index (χ4n) is 1.82. The van der Waals surface area contributed by atoms with Crippen LogP contribution in [0.5, 0.6) is 5.88 Å². The van der Waals surface area contributed by atoms with Crippen molar-refractivity contribution in [1.29, 1.82) is 0 Å². The van der Waals surface area contributed by atoms with Crippen molar-refractivity contribution in [3.8, 4) is 11.6 Å². The molecule has 0 bridgehead atoms. The zero-order valence-corrected chi connectivity index (χ0v) is 9.62. The molecule has 3 rings (SSSR count). The lowest BCUT2D eigenvalue weighted by atomic mass is 10.3. The average Bonchev–Trinajstić information content (AvgIpc) is 2.80. The Hall–Kier alpha value is -2.63. The zero-order valence-electron chi connectivity index (χ0n) is 9.62. The topological polar surface area (TPSA) is 72.8 Å². The Morgan fingerprint density at radius 1 is 1.28 bits per heavy atom. The largest absolute Gasteiger partial charge is 0.479 e. The molecule has 2 aromatic heterocycles. The Bertz CT molecular complexity index is 746. The van der Waals surface area contributed by atoms with E-state index in [1.54, 1.807) is 4.68 Å². The van der Waals surface area contributed by atoms with E-state index >= 15 is 0 Å². The molecule has 0 aliphatic carbocycles. The van der Waals surface area contributed by atoms with Crippen LogP contribution in [0.4, 0.5) is 0 Å². The van der Waals surface area contributed by atoms with Gasteiger partial charge in [-0.3, -0.25) is 4.79 Å². The van der Waals surface area contributed by atoms with Gasteiger partial charge in [0, 0.05) is 0 Å². The summed E-state index contributed by atoms with van der Waals surface area (Å²) in [5.41, 5.74) is 1.03. The minimum absolute atomic E-state index is 0.265. The molecular formula is C12H10N4O2. The van der Waals surface area contributed by atoms with Crippen molar-refractivity contribution < 1.29 is 4.74 Å². The molecule has 0 spiro atoms. The van der Waals surface area contributed by atoms with Crippen LogP contribution in [0.1, 0.15) is 0 Å². The van der Waals surface area contributed by atoms with Crippen LogP contribution in [-0.4, -0.2) is 26.9 Å². The second-order valence-electron chi connectivity index (χ2n) is 3.69. The van der Waals surface area contributed by atoms with Gasteiger partial charge in [0.1, 0.15) is 5.39 Å². The van der Waals surface area contributed by atoms with Crippen molar-refractivity contribution in [3.05, 3.63) is 47.0 Å². The van der Waals surface area contributed by atoms with Gasteiger partial charge in [-0.15, -0.1) is 5.10 Å². The monoisotopic (exact) mass is 242 g/mol. The zero-order chi connectivity index (χ0) is 12.5. The highest BCUT2D eigenvalue weighted by atomic mass is 16.5. The number of nitrogens with one attached hydrogen (secondary N) is 1. The minimum Gasteiger partial charge on any atom is -0.479 e. The minimum atomic E-state index is -0.265. The number of ether oxygens (including phenoxy) is 1. The number of hydrogen-bond donors (Lipinski definition) is 1. The first-order valence-corrected chi connectivity index (χ1v) is 5.37. The fraction of sp³-hybridized carbons (Fsp3) is 0.0833. The van der Waals surface area contributed by atoms with E-state index < -0.39 is 0 Å². The summed E-state index contributed by atoms with van der Waals surface area (Å²) in [5, 5.41) is 4.60. The van der Waals surface area contributed by atoms with Crippen molar-refractivity contribution in [2.75, 3.05) is 7.11 Å². The van der Waals surface area contributed by atoms with Crippen LogP contribution in [0.2, 0.25) is 0 Å². The molecule has 6 nitrogen and oxygen atoms in total. The van der Waals surface area contributed by atoms with Gasteiger partial charge in [0.15, 0.2) is 5.65 Å². The van der Waals surface area contributed by atoms with Gasteiger partial charge in [-0.25, -0.2) is 9.67 Å². The van der Waals surface area contributed by atoms with Gasteiger partial charge in [0.05, 0.1) is 19.1 Å². The van der Waals surface area contributed by atoms with E-state index in [4.69, 9.17) is 4.74 Å². The molecule has 0 radical (unpaired) electrons. The number of nitrogens with zero attached hydrogens (tertiary/aromatic N) is 3. The molecular weight excluding hydrogens is 232 g/mol. The molecule has 1 N–H and O–H groups in total. The number of rotatable bonds is 2. The third-order valence-electron chi connectivity index (χ3n) is 2.63. The molecule has 0 aliphatic rings. The van der Waals surface area contributed by atoms with Crippen molar-refractivity contribution in [1.82, 2.24) is 19.7 Å². The van der Waals surface area contributed by atoms with Gasteiger partial charge in [-0.2, -0.15) is 0 Å². The number of hydrogen-bond acceptors (Lipinski definition) is 4. The quantitative estimate of drug-likeness (QED) is 0.730. The molecule has 18 heavy (non-hydrogen) atoms. The third-order valence-corrected chi connectivity index (χ3v) is 2.63. The van der Waals surface area contributed by atoms with Crippen molar-refractivity contribution in [2.45, 2.75) is 0 Å². The van der Waals surface area contributed by atoms with Gasteiger partial charge in [0.2, 0.25) is 5.88 Å². The summed E-state index contributed by atoms with van der Waals surface area (Å²) in [6.45, 7) is 0. The van der Waals surface area contributed by atoms with Crippen LogP contribution in [0.15, 0.2) is 41.5 Å². The van der Waals surface area contributed by atoms with Crippen LogP contribution in [-0.2, 0) is 0 Å². The predicted molar refractivity (Wildman–Crippen MR) is 66.0 cm³/mol. The molecule has 2 heterocycles. The third kappa shape index (κ3) is 1.46. The Labute approximate surface area is 102 Å². The lowest BCUT2D eigenvalue weighted by molar-refractivity contribution is 0.398. The maximum Gasteiger partial charge on any atom is 0.265 e. The summed E-state index contributed by atoms with van der Waals surface area (Å²) in [6, 6.07) is 9.46. The first-order valence-electron chi connectivity index (χ1n) is 5.37. The fourth-order valence-corrected chi connectivity index (χ4v) is 1.82. The molecule has 0 fully saturated rings. The first-order chi connectivity index (χ1) is 8.81. The Balaban J connectivity index is 2.38. The lowest BCUT2D eigenvalue weighted by Gasteiger charge is -2.00. The highest BCUT2D eigenvalue weighted by Crippen LogP contribution is 2.21. The first kappa shape index (κ1) is 10.5. The smallest absolute Gasteiger partial charge is 0.265 e. The second-order valence-corrected chi connectivity index (χ2v) is 3.69. The second kappa shape index (κ2) is 3.99. The maximum atomic E-state index is 11.8. The molecule has 3 aromatic rings. The van der Waals surface area contributed by atoms with Gasteiger partial charge in [-0.1, -0.05) is 18.2 Å². The molecule has 6 heteroatoms. The van der Waals surface area contributed by atoms with Crippen LogP contribution in [0.25, 0.3) is 16.7 Å². The number of H-pyrrole nitrogens is 1. The lowest BCUT2D eigenvalue weighted by Crippen LogP contribution is -2.07. The molecule has 0 saturated heterocycles. The van der Waals surface area contributed by atoms with E-state index in [1.807, 2.05) is 30.3 Å². The van der Waals surface area contributed by atoms with Gasteiger partial charge >= 0.3 is 0 Å². The Morgan fingerprint density at radius 2 is 2.06 bits per heavy atom. The SMILES string of the molecule is COc1nn(-c2ccccc2)c2nc[nH]c(=O)c12. The summed E-state index contributed by atoms with van der Waals surface area (Å²) in [4.78, 5) is 18.4. The normalized spacial score (nSPS) is 10.7. The standard InChI is InChI=1S/C12H10N4O2/c1-18-12-9-10(13-7-14-11(9)17)16(15-12)8-5-3-2-4-6-8/h2-7H,1H3,(H,13,14,17). The number of aromatic amines is 1. The molecule has 1 aromatic carbocycles. The highest BCUT2D eigenvalue weighted by Gasteiger charge is 2.16. The highest BCUT2D eigenvalue weighted by molar-refractivity contribution is 5.81. The number of para-hydroxylation sites is 1. The Kier molecular flexibility index (Phi) is 2.33. The number of benzene rings is 1. The summed E-state index contributed by atoms with van der Waals surface area (Å²) in [7, 11) is 1.48. The van der Waals surface area contributed by atoms with Gasteiger partial charge in [0.25, 0.3) is 5.56 Å². The van der Waals surface area contributed by atoms with Gasteiger partial charge in [-0.05, 0) is 12.1 Å². The van der Waals surface area contributed by atoms with E-state index in [2.05, 4.69) is 15.1 Å². The number of fused-ring (bicyclic) bond motifs is 1. The van der Waals surface area contributed by atoms with E-state index in [-0.39, 0.29) is 11.4 Å².